The Hall–Kier alpha value is -1.25. The zero-order chi connectivity index (χ0) is 12.3. The fourth-order valence-electron chi connectivity index (χ4n) is 2.06. The SMILES string of the molecule is C=CCCCn1cc(CO)c2ccc(Cl)cc21. The molecule has 3 heteroatoms. The second kappa shape index (κ2) is 5.39. The van der Waals surface area contributed by atoms with Gasteiger partial charge in [-0.2, -0.15) is 0 Å². The van der Waals surface area contributed by atoms with Crippen LogP contribution >= 0.6 is 11.6 Å². The Morgan fingerprint density at radius 2 is 2.24 bits per heavy atom. The molecule has 0 saturated heterocycles. The number of rotatable bonds is 5. The summed E-state index contributed by atoms with van der Waals surface area (Å²) in [5.41, 5.74) is 2.04. The molecule has 2 aromatic rings. The second-order valence-electron chi connectivity index (χ2n) is 4.10. The first-order chi connectivity index (χ1) is 8.26. The summed E-state index contributed by atoms with van der Waals surface area (Å²) < 4.78 is 2.15. The molecule has 17 heavy (non-hydrogen) atoms. The monoisotopic (exact) mass is 249 g/mol. The molecule has 1 N–H and O–H groups in total. The maximum Gasteiger partial charge on any atom is 0.0702 e. The predicted octanol–water partition coefficient (Wildman–Crippen LogP) is 3.75. The van der Waals surface area contributed by atoms with Crippen molar-refractivity contribution in [1.82, 2.24) is 4.57 Å². The van der Waals surface area contributed by atoms with Gasteiger partial charge in [-0.15, -0.1) is 6.58 Å². The van der Waals surface area contributed by atoms with Gasteiger partial charge in [0.25, 0.3) is 0 Å². The van der Waals surface area contributed by atoms with E-state index in [9.17, 15) is 5.11 Å². The molecule has 1 aromatic heterocycles. The Morgan fingerprint density at radius 3 is 2.94 bits per heavy atom. The molecular formula is C14H16ClNO. The fourth-order valence-corrected chi connectivity index (χ4v) is 2.22. The van der Waals surface area contributed by atoms with Crippen molar-refractivity contribution in [3.63, 3.8) is 0 Å². The van der Waals surface area contributed by atoms with Crippen molar-refractivity contribution >= 4 is 22.5 Å². The van der Waals surface area contributed by atoms with E-state index in [0.717, 1.165) is 40.9 Å². The zero-order valence-corrected chi connectivity index (χ0v) is 10.5. The number of aromatic nitrogens is 1. The molecule has 0 spiro atoms. The molecule has 0 saturated carbocycles. The van der Waals surface area contributed by atoms with Gasteiger partial charge in [-0.3, -0.25) is 0 Å². The fraction of sp³-hybridized carbons (Fsp3) is 0.286. The highest BCUT2D eigenvalue weighted by atomic mass is 35.5. The maximum atomic E-state index is 9.33. The van der Waals surface area contributed by atoms with Crippen molar-refractivity contribution in [2.24, 2.45) is 0 Å². The van der Waals surface area contributed by atoms with Gasteiger partial charge in [-0.25, -0.2) is 0 Å². The Labute approximate surface area is 106 Å². The molecule has 2 rings (SSSR count). The second-order valence-corrected chi connectivity index (χ2v) is 4.53. The number of aliphatic hydroxyl groups is 1. The lowest BCUT2D eigenvalue weighted by Gasteiger charge is -2.03. The number of hydrogen-bond donors (Lipinski definition) is 1. The molecule has 2 nitrogen and oxygen atoms in total. The van der Waals surface area contributed by atoms with E-state index in [1.54, 1.807) is 0 Å². The number of nitrogens with zero attached hydrogens (tertiary/aromatic N) is 1. The Bertz CT molecular complexity index is 530. The summed E-state index contributed by atoms with van der Waals surface area (Å²) in [6.07, 6.45) is 5.97. The summed E-state index contributed by atoms with van der Waals surface area (Å²) in [4.78, 5) is 0. The number of halogens is 1. The summed E-state index contributed by atoms with van der Waals surface area (Å²) in [7, 11) is 0. The number of allylic oxidation sites excluding steroid dienone is 1. The van der Waals surface area contributed by atoms with E-state index in [4.69, 9.17) is 11.6 Å². The maximum absolute atomic E-state index is 9.33. The molecule has 0 aliphatic carbocycles. The van der Waals surface area contributed by atoms with E-state index in [0.29, 0.717) is 0 Å². The minimum Gasteiger partial charge on any atom is -0.392 e. The number of hydrogen-bond acceptors (Lipinski definition) is 1. The largest absolute Gasteiger partial charge is 0.392 e. The first kappa shape index (κ1) is 12.2. The number of aliphatic hydroxyl groups excluding tert-OH is 1. The predicted molar refractivity (Wildman–Crippen MR) is 72.3 cm³/mol. The van der Waals surface area contributed by atoms with Gasteiger partial charge in [0, 0.05) is 34.2 Å². The van der Waals surface area contributed by atoms with Crippen LogP contribution in [0.3, 0.4) is 0 Å². The molecule has 90 valence electrons. The van der Waals surface area contributed by atoms with Crippen LogP contribution in [0.2, 0.25) is 5.02 Å². The normalized spacial score (nSPS) is 10.9. The highest BCUT2D eigenvalue weighted by Gasteiger charge is 2.07. The van der Waals surface area contributed by atoms with E-state index >= 15 is 0 Å². The van der Waals surface area contributed by atoms with Crippen LogP contribution in [0.25, 0.3) is 10.9 Å². The molecule has 0 bridgehead atoms. The first-order valence-corrected chi connectivity index (χ1v) is 6.13. The van der Waals surface area contributed by atoms with Crippen LogP contribution in [0, 0.1) is 0 Å². The third kappa shape index (κ3) is 2.54. The Morgan fingerprint density at radius 1 is 1.41 bits per heavy atom. The average molecular weight is 250 g/mol. The van der Waals surface area contributed by atoms with E-state index in [1.165, 1.54) is 0 Å². The molecule has 0 radical (unpaired) electrons. The van der Waals surface area contributed by atoms with Gasteiger partial charge < -0.3 is 9.67 Å². The zero-order valence-electron chi connectivity index (χ0n) is 9.69. The molecule has 0 atom stereocenters. The molecule has 0 fully saturated rings. The minimum absolute atomic E-state index is 0.0621. The average Bonchev–Trinajstić information content (AvgIpc) is 2.67. The van der Waals surface area contributed by atoms with Gasteiger partial charge in [0.2, 0.25) is 0 Å². The highest BCUT2D eigenvalue weighted by Crippen LogP contribution is 2.25. The Kier molecular flexibility index (Phi) is 3.87. The van der Waals surface area contributed by atoms with Crippen molar-refractivity contribution in [2.75, 3.05) is 0 Å². The van der Waals surface area contributed by atoms with Crippen LogP contribution < -0.4 is 0 Å². The number of fused-ring (bicyclic) bond motifs is 1. The van der Waals surface area contributed by atoms with E-state index in [2.05, 4.69) is 11.1 Å². The molecule has 0 amide bonds. The molecular weight excluding hydrogens is 234 g/mol. The topological polar surface area (TPSA) is 25.2 Å². The summed E-state index contributed by atoms with van der Waals surface area (Å²) in [6.45, 7) is 4.70. The van der Waals surface area contributed by atoms with Crippen LogP contribution in [0.15, 0.2) is 37.1 Å². The summed E-state index contributed by atoms with van der Waals surface area (Å²) in [5.74, 6) is 0. The smallest absolute Gasteiger partial charge is 0.0702 e. The Balaban J connectivity index is 2.39. The molecule has 1 aromatic carbocycles. The summed E-state index contributed by atoms with van der Waals surface area (Å²) in [5, 5.41) is 11.1. The number of unbranched alkanes of at least 4 members (excludes halogenated alkanes) is 1. The highest BCUT2D eigenvalue weighted by molar-refractivity contribution is 6.31. The standard InChI is InChI=1S/C14H16ClNO/c1-2-3-4-7-16-9-11(10-17)13-6-5-12(15)8-14(13)16/h2,5-6,8-9,17H,1,3-4,7,10H2. The van der Waals surface area contributed by atoms with Crippen LogP contribution in [-0.2, 0) is 13.2 Å². The first-order valence-electron chi connectivity index (χ1n) is 5.75. The van der Waals surface area contributed by atoms with Gasteiger partial charge in [0.15, 0.2) is 0 Å². The van der Waals surface area contributed by atoms with Crippen molar-refractivity contribution in [1.29, 1.82) is 0 Å². The van der Waals surface area contributed by atoms with Gasteiger partial charge >= 0.3 is 0 Å². The van der Waals surface area contributed by atoms with Crippen LogP contribution in [0.4, 0.5) is 0 Å². The molecule has 0 aliphatic heterocycles. The van der Waals surface area contributed by atoms with Crippen molar-refractivity contribution in [3.8, 4) is 0 Å². The number of benzene rings is 1. The van der Waals surface area contributed by atoms with Crippen molar-refractivity contribution in [2.45, 2.75) is 26.0 Å². The summed E-state index contributed by atoms with van der Waals surface area (Å²) in [6, 6.07) is 5.77. The quantitative estimate of drug-likeness (QED) is 0.634. The summed E-state index contributed by atoms with van der Waals surface area (Å²) >= 11 is 6.01. The van der Waals surface area contributed by atoms with Crippen LogP contribution in [0.5, 0.6) is 0 Å². The molecule has 1 heterocycles. The third-order valence-electron chi connectivity index (χ3n) is 2.90. The van der Waals surface area contributed by atoms with Crippen LogP contribution in [0.1, 0.15) is 18.4 Å². The van der Waals surface area contributed by atoms with E-state index < -0.39 is 0 Å². The van der Waals surface area contributed by atoms with Crippen LogP contribution in [-0.4, -0.2) is 9.67 Å². The molecule has 0 aliphatic rings. The lowest BCUT2D eigenvalue weighted by molar-refractivity contribution is 0.283. The van der Waals surface area contributed by atoms with Gasteiger partial charge in [-0.1, -0.05) is 23.7 Å². The van der Waals surface area contributed by atoms with Gasteiger partial charge in [0.1, 0.15) is 0 Å². The van der Waals surface area contributed by atoms with E-state index in [-0.39, 0.29) is 6.61 Å². The lowest BCUT2D eigenvalue weighted by atomic mass is 10.2. The number of aryl methyl sites for hydroxylation is 1. The van der Waals surface area contributed by atoms with E-state index in [1.807, 2.05) is 30.5 Å². The third-order valence-corrected chi connectivity index (χ3v) is 3.14. The lowest BCUT2D eigenvalue weighted by Crippen LogP contribution is -1.95. The van der Waals surface area contributed by atoms with Crippen molar-refractivity contribution in [3.05, 3.63) is 47.6 Å². The minimum atomic E-state index is 0.0621. The van der Waals surface area contributed by atoms with Gasteiger partial charge in [0.05, 0.1) is 6.61 Å². The van der Waals surface area contributed by atoms with Gasteiger partial charge in [-0.05, 0) is 25.0 Å². The van der Waals surface area contributed by atoms with Crippen molar-refractivity contribution < 1.29 is 5.11 Å². The molecule has 0 unspecified atom stereocenters.